The molecule has 1 aliphatic carbocycles. The smallest absolute Gasteiger partial charge is 0.352 e. The Bertz CT molecular complexity index is 1010. The fourth-order valence-corrected chi connectivity index (χ4v) is 4.21. The minimum absolute atomic E-state index is 0.00870. The van der Waals surface area contributed by atoms with Crippen LogP contribution in [0.25, 0.3) is 0 Å². The third-order valence-electron chi connectivity index (χ3n) is 5.58. The number of hydrogen-bond donors (Lipinski definition) is 1. The Morgan fingerprint density at radius 2 is 1.77 bits per heavy atom. The lowest BCUT2D eigenvalue weighted by Gasteiger charge is -2.16. The second kappa shape index (κ2) is 8.61. The lowest BCUT2D eigenvalue weighted by molar-refractivity contribution is -0.141. The van der Waals surface area contributed by atoms with E-state index < -0.39 is 29.6 Å². The molecule has 8 heteroatoms. The van der Waals surface area contributed by atoms with Crippen molar-refractivity contribution < 1.29 is 27.6 Å². The van der Waals surface area contributed by atoms with Gasteiger partial charge in [0.05, 0.1) is 5.56 Å². The molecule has 1 N–H and O–H groups in total. The molecule has 0 spiro atoms. The maximum Gasteiger partial charge on any atom is 0.433 e. The predicted molar refractivity (Wildman–Crippen MR) is 108 cm³/mol. The summed E-state index contributed by atoms with van der Waals surface area (Å²) in [7, 11) is 0. The van der Waals surface area contributed by atoms with Crippen LogP contribution in [0.3, 0.4) is 0 Å². The fraction of sp³-hybridized carbons (Fsp3) is 0.391. The number of nitrogens with zero attached hydrogens (tertiary/aromatic N) is 1. The largest absolute Gasteiger partial charge is 0.433 e. The number of hydrogen-bond acceptors (Lipinski definition) is 4. The number of aromatic nitrogens is 1. The van der Waals surface area contributed by atoms with Crippen LogP contribution in [-0.4, -0.2) is 29.0 Å². The highest BCUT2D eigenvalue weighted by Crippen LogP contribution is 2.37. The molecule has 3 rings (SSSR count). The number of carbonyl (C=O) groups is 3. The maximum absolute atomic E-state index is 12.9. The van der Waals surface area contributed by atoms with Crippen molar-refractivity contribution in [3.63, 3.8) is 0 Å². The van der Waals surface area contributed by atoms with Crippen molar-refractivity contribution in [1.29, 1.82) is 0 Å². The van der Waals surface area contributed by atoms with Gasteiger partial charge in [-0.3, -0.25) is 19.4 Å². The quantitative estimate of drug-likeness (QED) is 0.723. The summed E-state index contributed by atoms with van der Waals surface area (Å²) in [5.74, 6) is -2.13. The Morgan fingerprint density at radius 3 is 2.32 bits per heavy atom. The molecule has 31 heavy (non-hydrogen) atoms. The van der Waals surface area contributed by atoms with Gasteiger partial charge in [0, 0.05) is 25.1 Å². The molecule has 1 heterocycles. The van der Waals surface area contributed by atoms with Gasteiger partial charge in [-0.05, 0) is 56.0 Å². The summed E-state index contributed by atoms with van der Waals surface area (Å²) in [4.78, 5) is 40.9. The Labute approximate surface area is 178 Å². The van der Waals surface area contributed by atoms with Gasteiger partial charge in [-0.25, -0.2) is 0 Å². The van der Waals surface area contributed by atoms with Crippen molar-refractivity contribution in [3.8, 4) is 0 Å². The molecule has 2 aromatic rings. The summed E-state index contributed by atoms with van der Waals surface area (Å²) in [6, 6.07) is 5.70. The average Bonchev–Trinajstić information content (AvgIpc) is 2.94. The van der Waals surface area contributed by atoms with Gasteiger partial charge in [0.15, 0.2) is 5.78 Å². The van der Waals surface area contributed by atoms with Crippen LogP contribution in [0.15, 0.2) is 30.5 Å². The van der Waals surface area contributed by atoms with Gasteiger partial charge in [0.1, 0.15) is 17.4 Å². The van der Waals surface area contributed by atoms with Crippen molar-refractivity contribution in [2.75, 3.05) is 6.54 Å². The number of rotatable bonds is 5. The first-order valence-corrected chi connectivity index (χ1v) is 9.94. The van der Waals surface area contributed by atoms with Gasteiger partial charge < -0.3 is 5.32 Å². The molecule has 1 amide bonds. The minimum atomic E-state index is -4.57. The van der Waals surface area contributed by atoms with E-state index in [-0.39, 0.29) is 36.5 Å². The summed E-state index contributed by atoms with van der Waals surface area (Å²) in [5.41, 5.74) is 2.56. The third-order valence-corrected chi connectivity index (χ3v) is 5.58. The molecule has 1 fully saturated rings. The molecular weight excluding hydrogens is 409 g/mol. The molecule has 5 nitrogen and oxygen atoms in total. The van der Waals surface area contributed by atoms with E-state index in [1.807, 2.05) is 32.9 Å². The number of aryl methyl sites for hydroxylation is 3. The summed E-state index contributed by atoms with van der Waals surface area (Å²) in [6.07, 6.45) is -3.31. The van der Waals surface area contributed by atoms with Crippen LogP contribution >= 0.6 is 0 Å². The van der Waals surface area contributed by atoms with Crippen molar-refractivity contribution >= 4 is 17.5 Å². The topological polar surface area (TPSA) is 76.1 Å². The van der Waals surface area contributed by atoms with E-state index in [1.54, 1.807) is 0 Å². The molecule has 0 saturated heterocycles. The van der Waals surface area contributed by atoms with E-state index in [1.165, 1.54) is 0 Å². The third kappa shape index (κ3) is 4.84. The summed E-state index contributed by atoms with van der Waals surface area (Å²) in [6.45, 7) is 5.87. The molecule has 164 valence electrons. The number of Topliss-reactive ketones (excluding diaryl/α,β-unsaturated/α-hetero) is 2. The molecular formula is C23H23F3N2O3. The average molecular weight is 432 g/mol. The van der Waals surface area contributed by atoms with Crippen LogP contribution in [0.5, 0.6) is 0 Å². The normalized spacial score (nSPS) is 19.0. The van der Waals surface area contributed by atoms with Gasteiger partial charge in [-0.2, -0.15) is 13.2 Å². The van der Waals surface area contributed by atoms with E-state index in [4.69, 9.17) is 0 Å². The van der Waals surface area contributed by atoms with Crippen molar-refractivity contribution in [1.82, 2.24) is 10.3 Å². The zero-order valence-corrected chi connectivity index (χ0v) is 17.5. The molecule has 1 aromatic heterocycles. The monoisotopic (exact) mass is 432 g/mol. The first-order chi connectivity index (χ1) is 14.5. The Hall–Kier alpha value is -3.03. The highest BCUT2D eigenvalue weighted by Gasteiger charge is 2.42. The summed E-state index contributed by atoms with van der Waals surface area (Å²) < 4.78 is 37.7. The first-order valence-electron chi connectivity index (χ1n) is 9.94. The standard InChI is InChI=1S/C23H23F3N2O3/c1-12-8-13(2)19(14(3)9-12)20-17(29)10-15(21(20)30)6-7-27-22(31)16-4-5-18(28-11-16)23(24,25)26/h4-5,8-9,11,15,20H,6-7,10H2,1-3H3,(H,27,31). The van der Waals surface area contributed by atoms with E-state index in [9.17, 15) is 27.6 Å². The molecule has 0 radical (unpaired) electrons. The van der Waals surface area contributed by atoms with Gasteiger partial charge >= 0.3 is 6.18 Å². The van der Waals surface area contributed by atoms with E-state index >= 15 is 0 Å². The van der Waals surface area contributed by atoms with Crippen LogP contribution in [0.2, 0.25) is 0 Å². The zero-order valence-electron chi connectivity index (χ0n) is 17.5. The predicted octanol–water partition coefficient (Wildman–Crippen LogP) is 4.09. The summed E-state index contributed by atoms with van der Waals surface area (Å²) in [5, 5.41) is 2.58. The summed E-state index contributed by atoms with van der Waals surface area (Å²) >= 11 is 0. The second-order valence-electron chi connectivity index (χ2n) is 7.99. The van der Waals surface area contributed by atoms with Crippen molar-refractivity contribution in [3.05, 3.63) is 64.0 Å². The van der Waals surface area contributed by atoms with Crippen LogP contribution in [-0.2, 0) is 15.8 Å². The number of benzene rings is 1. The van der Waals surface area contributed by atoms with Crippen LogP contribution in [0, 0.1) is 26.7 Å². The number of halogens is 3. The van der Waals surface area contributed by atoms with Crippen LogP contribution < -0.4 is 5.32 Å². The lowest BCUT2D eigenvalue weighted by Crippen LogP contribution is -2.27. The van der Waals surface area contributed by atoms with Crippen molar-refractivity contribution in [2.24, 2.45) is 5.92 Å². The number of ketones is 2. The molecule has 1 saturated carbocycles. The van der Waals surface area contributed by atoms with Crippen LogP contribution in [0.4, 0.5) is 13.2 Å². The lowest BCUT2D eigenvalue weighted by atomic mass is 9.86. The van der Waals surface area contributed by atoms with Gasteiger partial charge in [-0.15, -0.1) is 0 Å². The van der Waals surface area contributed by atoms with E-state index in [2.05, 4.69) is 10.3 Å². The van der Waals surface area contributed by atoms with Gasteiger partial charge in [0.25, 0.3) is 5.91 Å². The number of alkyl halides is 3. The number of carbonyl (C=O) groups excluding carboxylic acids is 3. The first kappa shape index (κ1) is 22.7. The number of nitrogens with one attached hydrogen (secondary N) is 1. The van der Waals surface area contributed by atoms with Crippen LogP contribution in [0.1, 0.15) is 57.1 Å². The Morgan fingerprint density at radius 1 is 1.13 bits per heavy atom. The van der Waals surface area contributed by atoms with E-state index in [0.29, 0.717) is 0 Å². The highest BCUT2D eigenvalue weighted by atomic mass is 19.4. The molecule has 2 atom stereocenters. The zero-order chi connectivity index (χ0) is 22.9. The molecule has 1 aliphatic rings. The fourth-order valence-electron chi connectivity index (χ4n) is 4.21. The minimum Gasteiger partial charge on any atom is -0.352 e. The Balaban J connectivity index is 1.61. The maximum atomic E-state index is 12.9. The number of pyridine rings is 1. The van der Waals surface area contributed by atoms with Gasteiger partial charge in [-0.1, -0.05) is 17.7 Å². The molecule has 2 unspecified atom stereocenters. The van der Waals surface area contributed by atoms with Crippen molar-refractivity contribution in [2.45, 2.75) is 45.7 Å². The number of amides is 1. The van der Waals surface area contributed by atoms with E-state index in [0.717, 1.165) is 40.6 Å². The SMILES string of the molecule is Cc1cc(C)c(C2C(=O)CC(CCNC(=O)c3ccc(C(F)(F)F)nc3)C2=O)c(C)c1. The molecule has 1 aromatic carbocycles. The molecule has 0 bridgehead atoms. The second-order valence-corrected chi connectivity index (χ2v) is 7.99. The van der Waals surface area contributed by atoms with Gasteiger partial charge in [0.2, 0.25) is 0 Å². The molecule has 0 aliphatic heterocycles. The highest BCUT2D eigenvalue weighted by molar-refractivity contribution is 6.15. The Kier molecular flexibility index (Phi) is 6.29.